The van der Waals surface area contributed by atoms with E-state index >= 15 is 0 Å². The second-order valence-corrected chi connectivity index (χ2v) is 21.4. The first kappa shape index (κ1) is 47.7. The predicted octanol–water partition coefficient (Wildman–Crippen LogP) is 12.6. The zero-order valence-corrected chi connectivity index (χ0v) is 39.8. The minimum Gasteiger partial charge on any atom is -0.457 e. The molecule has 2 fully saturated rings. The number of rotatable bonds is 12. The van der Waals surface area contributed by atoms with E-state index in [2.05, 4.69) is 23.7 Å². The van der Waals surface area contributed by atoms with E-state index in [1.165, 1.54) is 48.5 Å². The molecule has 0 bridgehead atoms. The van der Waals surface area contributed by atoms with Gasteiger partial charge in [-0.1, -0.05) is 42.6 Å². The van der Waals surface area contributed by atoms with Crippen LogP contribution in [-0.2, 0) is 19.7 Å². The molecule has 0 heterocycles. The third-order valence-corrected chi connectivity index (χ3v) is 15.8. The van der Waals surface area contributed by atoms with E-state index < -0.39 is 30.9 Å². The molecule has 0 amide bonds. The van der Waals surface area contributed by atoms with Gasteiger partial charge in [-0.15, -0.1) is 0 Å². The van der Waals surface area contributed by atoms with Crippen LogP contribution in [0.5, 0.6) is 46.0 Å². The Balaban J connectivity index is 0.763. The maximum atomic E-state index is 13.5. The van der Waals surface area contributed by atoms with E-state index in [9.17, 15) is 27.0 Å². The Morgan fingerprint density at radius 2 is 0.600 bits per heavy atom. The Bertz CT molecular complexity index is 3060. The zero-order chi connectivity index (χ0) is 48.6. The second-order valence-electron chi connectivity index (χ2n) is 17.5. The maximum Gasteiger partial charge on any atom is 0.206 e. The number of hydrogen-bond donors (Lipinski definition) is 2. The number of benzene rings is 7. The third kappa shape index (κ3) is 11.9. The number of sulfone groups is 2. The Morgan fingerprint density at radius 3 is 0.886 bits per heavy atom. The Kier molecular flexibility index (Phi) is 14.1. The molecular formula is C58H50O10S2. The molecule has 7 aromatic carbocycles. The van der Waals surface area contributed by atoms with Gasteiger partial charge in [-0.25, -0.2) is 16.8 Å². The molecule has 2 aliphatic carbocycles. The van der Waals surface area contributed by atoms with Crippen LogP contribution in [0.3, 0.4) is 0 Å². The van der Waals surface area contributed by atoms with E-state index in [1.807, 2.05) is 24.3 Å². The summed E-state index contributed by atoms with van der Waals surface area (Å²) in [6.45, 7) is 0. The van der Waals surface area contributed by atoms with E-state index in [4.69, 9.17) is 18.9 Å². The molecule has 2 aliphatic rings. The highest BCUT2D eigenvalue weighted by Crippen LogP contribution is 2.34. The highest BCUT2D eigenvalue weighted by molar-refractivity contribution is 7.91. The molecule has 7 aromatic rings. The van der Waals surface area contributed by atoms with Gasteiger partial charge in [0.15, 0.2) is 0 Å². The van der Waals surface area contributed by atoms with Crippen molar-refractivity contribution in [1.29, 1.82) is 0 Å². The minimum atomic E-state index is -3.85. The van der Waals surface area contributed by atoms with Gasteiger partial charge in [0.25, 0.3) is 0 Å². The van der Waals surface area contributed by atoms with Gasteiger partial charge in [-0.3, -0.25) is 0 Å². The highest BCUT2D eigenvalue weighted by atomic mass is 32.2. The monoisotopic (exact) mass is 970 g/mol. The number of aliphatic hydroxyl groups is 2. The van der Waals surface area contributed by atoms with Crippen molar-refractivity contribution in [2.75, 3.05) is 0 Å². The molecule has 0 saturated heterocycles. The first-order chi connectivity index (χ1) is 33.8. The van der Waals surface area contributed by atoms with Gasteiger partial charge in [0.2, 0.25) is 19.7 Å². The standard InChI is InChI=1S/C58H50O10S2/c59-57(36-3-1-4-37-57)40-34-43-10-14-45(15-11-43)65-47-18-26-53(27-19-47)69(61,62)55-30-22-49(23-31-55)67-51-8-7-9-52(42-51)68-50-24-32-56(33-25-50)70(63,64)54-28-20-48(21-29-54)66-46-16-12-44(13-17-46)35-41-58(60)38-5-2-6-39-58/h7-33,42,59-60H,1-6,36-39H2. The van der Waals surface area contributed by atoms with Crippen LogP contribution >= 0.6 is 0 Å². The van der Waals surface area contributed by atoms with E-state index in [0.717, 1.165) is 49.7 Å². The smallest absolute Gasteiger partial charge is 0.206 e. The fourth-order valence-electron chi connectivity index (χ4n) is 8.28. The summed E-state index contributed by atoms with van der Waals surface area (Å²) >= 11 is 0. The van der Waals surface area contributed by atoms with Crippen LogP contribution in [0.1, 0.15) is 75.3 Å². The number of hydrogen-bond acceptors (Lipinski definition) is 10. The third-order valence-electron chi connectivity index (χ3n) is 12.2. The average molecular weight is 971 g/mol. The van der Waals surface area contributed by atoms with Gasteiger partial charge >= 0.3 is 0 Å². The zero-order valence-electron chi connectivity index (χ0n) is 38.2. The van der Waals surface area contributed by atoms with Crippen LogP contribution < -0.4 is 18.9 Å². The molecule has 70 heavy (non-hydrogen) atoms. The lowest BCUT2D eigenvalue weighted by Crippen LogP contribution is -2.29. The topological polar surface area (TPSA) is 146 Å². The van der Waals surface area contributed by atoms with Crippen molar-refractivity contribution in [1.82, 2.24) is 0 Å². The Hall–Kier alpha value is -7.32. The van der Waals surface area contributed by atoms with Gasteiger partial charge in [-0.2, -0.15) is 0 Å². The average Bonchev–Trinajstić information content (AvgIpc) is 3.37. The summed E-state index contributed by atoms with van der Waals surface area (Å²) in [6.07, 6.45) is 8.95. The van der Waals surface area contributed by atoms with Gasteiger partial charge in [0, 0.05) is 17.2 Å². The lowest BCUT2D eigenvalue weighted by atomic mass is 9.85. The van der Waals surface area contributed by atoms with Crippen LogP contribution in [0, 0.1) is 23.7 Å². The first-order valence-corrected chi connectivity index (χ1v) is 26.2. The van der Waals surface area contributed by atoms with Crippen molar-refractivity contribution in [3.05, 3.63) is 181 Å². The molecule has 0 spiro atoms. The van der Waals surface area contributed by atoms with Gasteiger partial charge in [-0.05, 0) is 209 Å². The molecule has 0 atom stereocenters. The predicted molar refractivity (Wildman–Crippen MR) is 266 cm³/mol. The van der Waals surface area contributed by atoms with E-state index in [0.29, 0.717) is 71.7 Å². The summed E-state index contributed by atoms with van der Waals surface area (Å²) in [4.78, 5) is 0.390. The highest BCUT2D eigenvalue weighted by Gasteiger charge is 2.28. The fraction of sp³-hybridized carbons (Fsp3) is 0.207. The first-order valence-electron chi connectivity index (χ1n) is 23.2. The molecule has 2 saturated carbocycles. The Morgan fingerprint density at radius 1 is 0.343 bits per heavy atom. The van der Waals surface area contributed by atoms with Crippen molar-refractivity contribution in [2.45, 2.75) is 95.0 Å². The fourth-order valence-corrected chi connectivity index (χ4v) is 10.8. The van der Waals surface area contributed by atoms with Crippen LogP contribution in [0.15, 0.2) is 189 Å². The molecule has 10 nitrogen and oxygen atoms in total. The molecule has 0 aromatic heterocycles. The maximum absolute atomic E-state index is 13.5. The van der Waals surface area contributed by atoms with Gasteiger partial charge < -0.3 is 29.2 Å². The summed E-state index contributed by atoms with van der Waals surface area (Å²) in [6, 6.07) is 45.9. The quantitative estimate of drug-likeness (QED) is 0.113. The van der Waals surface area contributed by atoms with Gasteiger partial charge in [0.1, 0.15) is 57.2 Å². The molecule has 12 heteroatoms. The van der Waals surface area contributed by atoms with Crippen molar-refractivity contribution in [3.63, 3.8) is 0 Å². The minimum absolute atomic E-state index is 0.0906. The summed E-state index contributed by atoms with van der Waals surface area (Å²) in [5.41, 5.74) is -0.299. The van der Waals surface area contributed by atoms with Gasteiger partial charge in [0.05, 0.1) is 19.6 Å². The normalized spacial score (nSPS) is 15.2. The molecular weight excluding hydrogens is 921 g/mol. The molecule has 354 valence electrons. The number of ether oxygens (including phenoxy) is 4. The SMILES string of the molecule is O=S(=O)(c1ccc(Oc2ccc(C#CC3(O)CCCCC3)cc2)cc1)c1ccc(Oc2cccc(Oc3ccc(S(=O)(=O)c4ccc(Oc5ccc(C#CC6(O)CCCCC6)cc5)cc4)cc3)c2)cc1. The van der Waals surface area contributed by atoms with Crippen LogP contribution in [0.25, 0.3) is 0 Å². The molecule has 0 aliphatic heterocycles. The van der Waals surface area contributed by atoms with Crippen molar-refractivity contribution >= 4 is 19.7 Å². The van der Waals surface area contributed by atoms with Crippen molar-refractivity contribution < 1.29 is 46.0 Å². The lowest BCUT2D eigenvalue weighted by molar-refractivity contribution is 0.0606. The lowest BCUT2D eigenvalue weighted by Gasteiger charge is -2.26. The largest absolute Gasteiger partial charge is 0.457 e. The molecule has 0 unspecified atom stereocenters. The van der Waals surface area contributed by atoms with Crippen LogP contribution in [0.4, 0.5) is 0 Å². The van der Waals surface area contributed by atoms with E-state index in [1.54, 1.807) is 97.1 Å². The molecule has 2 N–H and O–H groups in total. The van der Waals surface area contributed by atoms with Crippen LogP contribution in [0.2, 0.25) is 0 Å². The van der Waals surface area contributed by atoms with E-state index in [-0.39, 0.29) is 19.6 Å². The summed E-state index contributed by atoms with van der Waals surface area (Å²) in [7, 11) is -7.70. The van der Waals surface area contributed by atoms with Crippen molar-refractivity contribution in [3.8, 4) is 69.7 Å². The molecule has 9 rings (SSSR count). The van der Waals surface area contributed by atoms with Crippen molar-refractivity contribution in [2.24, 2.45) is 0 Å². The summed E-state index contributed by atoms with van der Waals surface area (Å²) in [5, 5.41) is 21.3. The summed E-state index contributed by atoms with van der Waals surface area (Å²) < 4.78 is 78.1. The molecule has 0 radical (unpaired) electrons. The summed E-state index contributed by atoms with van der Waals surface area (Å²) in [5.74, 6) is 16.0. The second kappa shape index (κ2) is 20.7. The Labute approximate surface area is 409 Å². The van der Waals surface area contributed by atoms with Crippen LogP contribution in [-0.4, -0.2) is 38.3 Å².